The summed E-state index contributed by atoms with van der Waals surface area (Å²) in [4.78, 5) is 14.1. The topological polar surface area (TPSA) is 58.2 Å². The van der Waals surface area contributed by atoms with Gasteiger partial charge in [-0.25, -0.2) is 0 Å². The first-order valence-electron chi connectivity index (χ1n) is 8.31. The highest BCUT2D eigenvalue weighted by atomic mass is 19.4. The molecule has 27 heavy (non-hydrogen) atoms. The van der Waals surface area contributed by atoms with E-state index in [0.29, 0.717) is 6.54 Å². The van der Waals surface area contributed by atoms with Gasteiger partial charge in [0.1, 0.15) is 5.75 Å². The number of halogens is 3. The monoisotopic (exact) mass is 377 g/mol. The third kappa shape index (κ3) is 4.05. The lowest BCUT2D eigenvalue weighted by Gasteiger charge is -2.19. The predicted octanol–water partition coefficient (Wildman–Crippen LogP) is 4.25. The Morgan fingerprint density at radius 3 is 2.70 bits per heavy atom. The molecule has 0 aliphatic carbocycles. The molecule has 0 fully saturated rings. The SMILES string of the molecule is CCOc1cc(C(=O)N(C)Cc2ccc3[nH]ncc3c2)ccc1C(F)(F)F. The van der Waals surface area contributed by atoms with E-state index in [1.54, 1.807) is 20.2 Å². The number of hydrogen-bond donors (Lipinski definition) is 1. The van der Waals surface area contributed by atoms with Gasteiger partial charge in [0, 0.05) is 24.5 Å². The molecule has 0 atom stereocenters. The number of fused-ring (bicyclic) bond motifs is 1. The van der Waals surface area contributed by atoms with Gasteiger partial charge in [0.25, 0.3) is 5.91 Å². The number of aromatic amines is 1. The van der Waals surface area contributed by atoms with Crippen LogP contribution in [0.15, 0.2) is 42.6 Å². The minimum absolute atomic E-state index is 0.0707. The van der Waals surface area contributed by atoms with Gasteiger partial charge in [-0.15, -0.1) is 0 Å². The highest BCUT2D eigenvalue weighted by Gasteiger charge is 2.34. The second-order valence-corrected chi connectivity index (χ2v) is 6.09. The van der Waals surface area contributed by atoms with Gasteiger partial charge in [-0.2, -0.15) is 18.3 Å². The van der Waals surface area contributed by atoms with E-state index in [0.717, 1.165) is 28.6 Å². The van der Waals surface area contributed by atoms with Gasteiger partial charge in [-0.05, 0) is 42.8 Å². The largest absolute Gasteiger partial charge is 0.493 e. The quantitative estimate of drug-likeness (QED) is 0.723. The van der Waals surface area contributed by atoms with E-state index in [4.69, 9.17) is 4.74 Å². The van der Waals surface area contributed by atoms with Crippen molar-refractivity contribution in [2.24, 2.45) is 0 Å². The first-order chi connectivity index (χ1) is 12.8. The van der Waals surface area contributed by atoms with Crippen LogP contribution in [0.3, 0.4) is 0 Å². The molecule has 142 valence electrons. The van der Waals surface area contributed by atoms with Crippen molar-refractivity contribution < 1.29 is 22.7 Å². The molecule has 5 nitrogen and oxygen atoms in total. The van der Waals surface area contributed by atoms with Crippen molar-refractivity contribution in [2.45, 2.75) is 19.6 Å². The minimum Gasteiger partial charge on any atom is -0.493 e. The zero-order chi connectivity index (χ0) is 19.6. The number of alkyl halides is 3. The molecule has 3 rings (SSSR count). The van der Waals surface area contributed by atoms with Crippen LogP contribution >= 0.6 is 0 Å². The second kappa shape index (κ2) is 7.30. The van der Waals surface area contributed by atoms with E-state index >= 15 is 0 Å². The maximum atomic E-state index is 13.1. The Kier molecular flexibility index (Phi) is 5.07. The lowest BCUT2D eigenvalue weighted by atomic mass is 10.1. The third-order valence-corrected chi connectivity index (χ3v) is 4.10. The number of ether oxygens (including phenoxy) is 1. The predicted molar refractivity (Wildman–Crippen MR) is 94.5 cm³/mol. The lowest BCUT2D eigenvalue weighted by molar-refractivity contribution is -0.138. The Bertz CT molecular complexity index is 966. The van der Waals surface area contributed by atoms with E-state index in [1.807, 2.05) is 18.2 Å². The fourth-order valence-corrected chi connectivity index (χ4v) is 2.82. The summed E-state index contributed by atoms with van der Waals surface area (Å²) in [6, 6.07) is 8.82. The average molecular weight is 377 g/mol. The van der Waals surface area contributed by atoms with Crippen LogP contribution in [0.25, 0.3) is 10.9 Å². The number of benzene rings is 2. The molecule has 0 saturated carbocycles. The molecule has 3 aromatic rings. The molecule has 0 radical (unpaired) electrons. The number of hydrogen-bond acceptors (Lipinski definition) is 3. The molecule has 0 spiro atoms. The number of H-pyrrole nitrogens is 1. The summed E-state index contributed by atoms with van der Waals surface area (Å²) in [6.45, 7) is 1.97. The molecule has 1 aromatic heterocycles. The molecule has 1 amide bonds. The molecular weight excluding hydrogens is 359 g/mol. The molecule has 1 N–H and O–H groups in total. The Hall–Kier alpha value is -3.03. The van der Waals surface area contributed by atoms with Crippen LogP contribution in [-0.4, -0.2) is 34.7 Å². The molecule has 8 heteroatoms. The number of rotatable bonds is 5. The number of carbonyl (C=O) groups is 1. The summed E-state index contributed by atoms with van der Waals surface area (Å²) in [7, 11) is 1.60. The first-order valence-corrected chi connectivity index (χ1v) is 8.31. The molecule has 0 aliphatic rings. The number of nitrogens with zero attached hydrogens (tertiary/aromatic N) is 2. The van der Waals surface area contributed by atoms with E-state index in [-0.39, 0.29) is 17.9 Å². The molecule has 0 unspecified atom stereocenters. The number of aromatic nitrogens is 2. The molecule has 0 bridgehead atoms. The molecule has 2 aromatic carbocycles. The summed E-state index contributed by atoms with van der Waals surface area (Å²) in [5.41, 5.74) is 1.01. The molecule has 1 heterocycles. The van der Waals surface area contributed by atoms with Crippen LogP contribution in [-0.2, 0) is 12.7 Å². The van der Waals surface area contributed by atoms with E-state index in [1.165, 1.54) is 11.0 Å². The summed E-state index contributed by atoms with van der Waals surface area (Å²) >= 11 is 0. The second-order valence-electron chi connectivity index (χ2n) is 6.09. The Labute approximate surface area is 153 Å². The highest BCUT2D eigenvalue weighted by Crippen LogP contribution is 2.37. The van der Waals surface area contributed by atoms with Crippen molar-refractivity contribution >= 4 is 16.8 Å². The van der Waals surface area contributed by atoms with Crippen molar-refractivity contribution in [3.05, 3.63) is 59.3 Å². The van der Waals surface area contributed by atoms with E-state index < -0.39 is 17.6 Å². The fourth-order valence-electron chi connectivity index (χ4n) is 2.82. The maximum Gasteiger partial charge on any atom is 0.419 e. The van der Waals surface area contributed by atoms with Crippen molar-refractivity contribution in [3.8, 4) is 5.75 Å². The summed E-state index contributed by atoms with van der Waals surface area (Å²) in [5, 5.41) is 7.71. The Morgan fingerprint density at radius 2 is 2.00 bits per heavy atom. The summed E-state index contributed by atoms with van der Waals surface area (Å²) in [5.74, 6) is -0.735. The third-order valence-electron chi connectivity index (χ3n) is 4.10. The fraction of sp³-hybridized carbons (Fsp3) is 0.263. The van der Waals surface area contributed by atoms with Crippen LogP contribution in [0.2, 0.25) is 0 Å². The van der Waals surface area contributed by atoms with Gasteiger partial charge >= 0.3 is 6.18 Å². The van der Waals surface area contributed by atoms with Crippen molar-refractivity contribution in [1.82, 2.24) is 15.1 Å². The van der Waals surface area contributed by atoms with Gasteiger partial charge in [-0.3, -0.25) is 9.89 Å². The highest BCUT2D eigenvalue weighted by molar-refractivity contribution is 5.94. The van der Waals surface area contributed by atoms with Gasteiger partial charge in [0.15, 0.2) is 0 Å². The van der Waals surface area contributed by atoms with E-state index in [9.17, 15) is 18.0 Å². The van der Waals surface area contributed by atoms with Crippen molar-refractivity contribution in [3.63, 3.8) is 0 Å². The molecule has 0 aliphatic heterocycles. The van der Waals surface area contributed by atoms with Crippen LogP contribution < -0.4 is 4.74 Å². The van der Waals surface area contributed by atoms with Gasteiger partial charge < -0.3 is 9.64 Å². The molecular formula is C19H18F3N3O2. The van der Waals surface area contributed by atoms with Gasteiger partial charge in [0.2, 0.25) is 0 Å². The van der Waals surface area contributed by atoms with Crippen LogP contribution in [0.1, 0.15) is 28.4 Å². The number of amides is 1. The maximum absolute atomic E-state index is 13.1. The smallest absolute Gasteiger partial charge is 0.419 e. The first kappa shape index (κ1) is 18.8. The molecule has 0 saturated heterocycles. The van der Waals surface area contributed by atoms with Crippen LogP contribution in [0, 0.1) is 0 Å². The van der Waals surface area contributed by atoms with E-state index in [2.05, 4.69) is 10.2 Å². The number of nitrogens with one attached hydrogen (secondary N) is 1. The summed E-state index contributed by atoms with van der Waals surface area (Å²) < 4.78 is 44.3. The van der Waals surface area contributed by atoms with Crippen molar-refractivity contribution in [1.29, 1.82) is 0 Å². The average Bonchev–Trinajstić information content (AvgIpc) is 3.08. The normalized spacial score (nSPS) is 11.6. The number of carbonyl (C=O) groups excluding carboxylic acids is 1. The zero-order valence-electron chi connectivity index (χ0n) is 14.8. The summed E-state index contributed by atoms with van der Waals surface area (Å²) in [6.07, 6.45) is -2.86. The Morgan fingerprint density at radius 1 is 1.22 bits per heavy atom. The van der Waals surface area contributed by atoms with Gasteiger partial charge in [0.05, 0.1) is 23.9 Å². The standard InChI is InChI=1S/C19H18F3N3O2/c1-3-27-17-9-13(5-6-15(17)19(20,21)22)18(26)25(2)11-12-4-7-16-14(8-12)10-23-24-16/h4-10H,3,11H2,1-2H3,(H,23,24). The van der Waals surface area contributed by atoms with Crippen LogP contribution in [0.5, 0.6) is 5.75 Å². The zero-order valence-corrected chi connectivity index (χ0v) is 14.8. The Balaban J connectivity index is 1.82. The van der Waals surface area contributed by atoms with Crippen molar-refractivity contribution in [2.75, 3.05) is 13.7 Å². The minimum atomic E-state index is -4.54. The lowest BCUT2D eigenvalue weighted by Crippen LogP contribution is -2.26. The van der Waals surface area contributed by atoms with Gasteiger partial charge in [-0.1, -0.05) is 6.07 Å². The van der Waals surface area contributed by atoms with Crippen LogP contribution in [0.4, 0.5) is 13.2 Å².